The Kier molecular flexibility index (Phi) is 4.71. The van der Waals surface area contributed by atoms with Gasteiger partial charge in [0, 0.05) is 25.5 Å². The molecule has 7 heteroatoms. The first kappa shape index (κ1) is 19.0. The molecule has 5 rings (SSSR count). The van der Waals surface area contributed by atoms with Crippen molar-refractivity contribution in [2.45, 2.75) is 6.04 Å². The fourth-order valence-electron chi connectivity index (χ4n) is 4.12. The first-order valence-corrected chi connectivity index (χ1v) is 10.1. The van der Waals surface area contributed by atoms with Crippen molar-refractivity contribution in [3.05, 3.63) is 84.2 Å². The summed E-state index contributed by atoms with van der Waals surface area (Å²) in [4.78, 5) is 46.3. The van der Waals surface area contributed by atoms with Gasteiger partial charge in [-0.2, -0.15) is 0 Å². The number of hydrogen-bond donors (Lipinski definition) is 1. The molecular formula is C24H20N4O3. The van der Waals surface area contributed by atoms with Gasteiger partial charge in [0.2, 0.25) is 5.91 Å². The van der Waals surface area contributed by atoms with Crippen molar-refractivity contribution in [3.8, 4) is 11.1 Å². The standard InChI is InChI=1S/C24H20N4O3/c29-22-21-15-27(23(30)18-7-4-10-25-14-18)11-12-28(21)24(31)19-13-17(8-9-20(19)26-22)16-5-2-1-3-6-16/h1-10,13-14,21H,11-12,15H2,(H,26,29). The third kappa shape index (κ3) is 3.44. The molecule has 1 fully saturated rings. The molecule has 0 saturated carbocycles. The molecule has 0 bridgehead atoms. The number of hydrogen-bond acceptors (Lipinski definition) is 4. The van der Waals surface area contributed by atoms with Gasteiger partial charge in [-0.3, -0.25) is 19.4 Å². The van der Waals surface area contributed by atoms with E-state index in [0.717, 1.165) is 11.1 Å². The van der Waals surface area contributed by atoms with E-state index in [9.17, 15) is 14.4 Å². The zero-order valence-corrected chi connectivity index (χ0v) is 16.7. The van der Waals surface area contributed by atoms with E-state index in [0.29, 0.717) is 23.4 Å². The van der Waals surface area contributed by atoms with Crippen LogP contribution in [0.3, 0.4) is 0 Å². The molecular weight excluding hydrogens is 392 g/mol. The lowest BCUT2D eigenvalue weighted by Crippen LogP contribution is -2.59. The highest BCUT2D eigenvalue weighted by Gasteiger charge is 2.40. The quantitative estimate of drug-likeness (QED) is 0.702. The second kappa shape index (κ2) is 7.68. The summed E-state index contributed by atoms with van der Waals surface area (Å²) in [7, 11) is 0. The number of fused-ring (bicyclic) bond motifs is 2. The number of nitrogens with one attached hydrogen (secondary N) is 1. The molecule has 1 atom stereocenters. The van der Waals surface area contributed by atoms with Crippen LogP contribution in [0.5, 0.6) is 0 Å². The Morgan fingerprint density at radius 3 is 2.58 bits per heavy atom. The molecule has 1 aromatic heterocycles. The fraction of sp³-hybridized carbons (Fsp3) is 0.167. The van der Waals surface area contributed by atoms with E-state index in [1.54, 1.807) is 34.2 Å². The van der Waals surface area contributed by atoms with Crippen molar-refractivity contribution in [2.75, 3.05) is 25.0 Å². The van der Waals surface area contributed by atoms with Gasteiger partial charge in [0.15, 0.2) is 0 Å². The summed E-state index contributed by atoms with van der Waals surface area (Å²) in [5, 5.41) is 2.88. The lowest BCUT2D eigenvalue weighted by atomic mass is 10.0. The molecule has 2 aliphatic heterocycles. The van der Waals surface area contributed by atoms with E-state index in [-0.39, 0.29) is 30.8 Å². The first-order valence-electron chi connectivity index (χ1n) is 10.1. The molecule has 3 amide bonds. The van der Waals surface area contributed by atoms with Gasteiger partial charge < -0.3 is 15.1 Å². The number of pyridine rings is 1. The van der Waals surface area contributed by atoms with Gasteiger partial charge in [-0.05, 0) is 35.4 Å². The Bertz CT molecular complexity index is 1160. The maximum Gasteiger partial charge on any atom is 0.256 e. The Hall–Kier alpha value is -4.00. The molecule has 2 aliphatic rings. The summed E-state index contributed by atoms with van der Waals surface area (Å²) < 4.78 is 0. The van der Waals surface area contributed by atoms with Crippen LogP contribution in [-0.2, 0) is 4.79 Å². The SMILES string of the molecule is O=C1Nc2ccc(-c3ccccc3)cc2C(=O)N2CCN(C(=O)c3cccnc3)CC12. The molecule has 0 radical (unpaired) electrons. The predicted octanol–water partition coefficient (Wildman–Crippen LogP) is 2.67. The Labute approximate surface area is 179 Å². The maximum atomic E-state index is 13.4. The number of amides is 3. The monoisotopic (exact) mass is 412 g/mol. The number of nitrogens with zero attached hydrogens (tertiary/aromatic N) is 3. The van der Waals surface area contributed by atoms with Crippen LogP contribution in [0.15, 0.2) is 73.1 Å². The second-order valence-corrected chi connectivity index (χ2v) is 7.62. The zero-order valence-electron chi connectivity index (χ0n) is 16.7. The van der Waals surface area contributed by atoms with Gasteiger partial charge in [0.25, 0.3) is 11.8 Å². The normalized spacial score (nSPS) is 18.0. The average molecular weight is 412 g/mol. The number of piperazine rings is 1. The van der Waals surface area contributed by atoms with Gasteiger partial charge in [-0.1, -0.05) is 36.4 Å². The highest BCUT2D eigenvalue weighted by atomic mass is 16.2. The third-order valence-electron chi connectivity index (χ3n) is 5.75. The van der Waals surface area contributed by atoms with E-state index in [1.807, 2.05) is 42.5 Å². The highest BCUT2D eigenvalue weighted by molar-refractivity contribution is 6.11. The van der Waals surface area contributed by atoms with Crippen LogP contribution in [0.2, 0.25) is 0 Å². The summed E-state index contributed by atoms with van der Waals surface area (Å²) in [5.41, 5.74) is 3.33. The predicted molar refractivity (Wildman–Crippen MR) is 115 cm³/mol. The van der Waals surface area contributed by atoms with E-state index in [4.69, 9.17) is 0 Å². The minimum absolute atomic E-state index is 0.144. The Morgan fingerprint density at radius 2 is 1.81 bits per heavy atom. The summed E-state index contributed by atoms with van der Waals surface area (Å²) >= 11 is 0. The Morgan fingerprint density at radius 1 is 0.968 bits per heavy atom. The molecule has 2 aromatic carbocycles. The average Bonchev–Trinajstić information content (AvgIpc) is 2.93. The summed E-state index contributed by atoms with van der Waals surface area (Å²) in [6.45, 7) is 0.791. The molecule has 154 valence electrons. The minimum atomic E-state index is -0.741. The second-order valence-electron chi connectivity index (χ2n) is 7.62. The number of carbonyl (C=O) groups excluding carboxylic acids is 3. The molecule has 1 saturated heterocycles. The minimum Gasteiger partial charge on any atom is -0.334 e. The molecule has 0 spiro atoms. The van der Waals surface area contributed by atoms with E-state index in [2.05, 4.69) is 10.3 Å². The van der Waals surface area contributed by atoms with Gasteiger partial charge in [0.05, 0.1) is 23.4 Å². The maximum absolute atomic E-state index is 13.4. The fourth-order valence-corrected chi connectivity index (χ4v) is 4.12. The van der Waals surface area contributed by atoms with Crippen LogP contribution in [0.4, 0.5) is 5.69 Å². The van der Waals surface area contributed by atoms with Gasteiger partial charge >= 0.3 is 0 Å². The van der Waals surface area contributed by atoms with Gasteiger partial charge in [-0.25, -0.2) is 0 Å². The van der Waals surface area contributed by atoms with Gasteiger partial charge in [-0.15, -0.1) is 0 Å². The molecule has 1 unspecified atom stereocenters. The summed E-state index contributed by atoms with van der Waals surface area (Å²) in [5.74, 6) is -0.686. The van der Waals surface area contributed by atoms with Crippen LogP contribution >= 0.6 is 0 Å². The molecule has 0 aliphatic carbocycles. The first-order chi connectivity index (χ1) is 15.1. The number of carbonyl (C=O) groups is 3. The van der Waals surface area contributed by atoms with Crippen molar-refractivity contribution >= 4 is 23.4 Å². The number of rotatable bonds is 2. The zero-order chi connectivity index (χ0) is 21.4. The van der Waals surface area contributed by atoms with Crippen LogP contribution in [-0.4, -0.2) is 58.2 Å². The Balaban J connectivity index is 1.43. The molecule has 1 N–H and O–H groups in total. The van der Waals surface area contributed by atoms with Crippen molar-refractivity contribution in [1.82, 2.24) is 14.8 Å². The van der Waals surface area contributed by atoms with Crippen LogP contribution < -0.4 is 5.32 Å². The largest absolute Gasteiger partial charge is 0.334 e. The van der Waals surface area contributed by atoms with Crippen molar-refractivity contribution < 1.29 is 14.4 Å². The van der Waals surface area contributed by atoms with E-state index in [1.165, 1.54) is 6.20 Å². The van der Waals surface area contributed by atoms with Crippen molar-refractivity contribution in [2.24, 2.45) is 0 Å². The number of anilines is 1. The summed E-state index contributed by atoms with van der Waals surface area (Å²) in [6, 6.07) is 17.9. The van der Waals surface area contributed by atoms with Gasteiger partial charge in [0.1, 0.15) is 6.04 Å². The molecule has 3 heterocycles. The topological polar surface area (TPSA) is 82.6 Å². The lowest BCUT2D eigenvalue weighted by Gasteiger charge is -2.39. The van der Waals surface area contributed by atoms with E-state index < -0.39 is 6.04 Å². The van der Waals surface area contributed by atoms with Crippen molar-refractivity contribution in [1.29, 1.82) is 0 Å². The smallest absolute Gasteiger partial charge is 0.256 e. The third-order valence-corrected chi connectivity index (χ3v) is 5.75. The van der Waals surface area contributed by atoms with Crippen molar-refractivity contribution in [3.63, 3.8) is 0 Å². The number of aromatic nitrogens is 1. The lowest BCUT2D eigenvalue weighted by molar-refractivity contribution is -0.121. The van der Waals surface area contributed by atoms with Crippen LogP contribution in [0.1, 0.15) is 20.7 Å². The van der Waals surface area contributed by atoms with Crippen LogP contribution in [0.25, 0.3) is 11.1 Å². The molecule has 3 aromatic rings. The highest BCUT2D eigenvalue weighted by Crippen LogP contribution is 2.30. The molecule has 7 nitrogen and oxygen atoms in total. The van der Waals surface area contributed by atoms with Crippen LogP contribution in [0, 0.1) is 0 Å². The van der Waals surface area contributed by atoms with E-state index >= 15 is 0 Å². The summed E-state index contributed by atoms with van der Waals surface area (Å²) in [6.07, 6.45) is 3.11. The number of benzene rings is 2. The molecule has 31 heavy (non-hydrogen) atoms.